The lowest BCUT2D eigenvalue weighted by atomic mass is 9.86. The Labute approximate surface area is 180 Å². The van der Waals surface area contributed by atoms with Crippen LogP contribution in [-0.2, 0) is 16.8 Å². The molecule has 0 radical (unpaired) electrons. The van der Waals surface area contributed by atoms with Crippen LogP contribution in [0, 0.1) is 5.92 Å². The third kappa shape index (κ3) is 7.29. The van der Waals surface area contributed by atoms with E-state index in [1.54, 1.807) is 7.11 Å². The Morgan fingerprint density at radius 1 is 1.00 bits per heavy atom. The zero-order valence-electron chi connectivity index (χ0n) is 19.1. The number of amides is 1. The van der Waals surface area contributed by atoms with Gasteiger partial charge in [0.15, 0.2) is 18.1 Å². The number of hydrogen-bond acceptors (Lipinski definition) is 4. The second-order valence-electron chi connectivity index (χ2n) is 8.83. The third-order valence-corrected chi connectivity index (χ3v) is 4.72. The number of rotatable bonds is 10. The van der Waals surface area contributed by atoms with E-state index in [9.17, 15) is 4.79 Å². The summed E-state index contributed by atoms with van der Waals surface area (Å²) in [6.45, 7) is 11.7. The fourth-order valence-electron chi connectivity index (χ4n) is 2.95. The molecule has 0 unspecified atom stereocenters. The molecule has 0 fully saturated rings. The van der Waals surface area contributed by atoms with Gasteiger partial charge in [-0.25, -0.2) is 0 Å². The highest BCUT2D eigenvalue weighted by Gasteiger charge is 2.19. The van der Waals surface area contributed by atoms with Crippen LogP contribution < -0.4 is 19.5 Å². The van der Waals surface area contributed by atoms with Gasteiger partial charge in [0.05, 0.1) is 13.7 Å². The SMILES string of the molecule is COc1cc(CNC(=O)COc2ccccc2C(C)(C)C)ccc1OCCC(C)C. The van der Waals surface area contributed by atoms with Gasteiger partial charge >= 0.3 is 0 Å². The molecule has 0 aliphatic carbocycles. The van der Waals surface area contributed by atoms with E-state index < -0.39 is 0 Å². The molecule has 164 valence electrons. The topological polar surface area (TPSA) is 56.8 Å². The zero-order chi connectivity index (χ0) is 22.1. The van der Waals surface area contributed by atoms with E-state index in [4.69, 9.17) is 14.2 Å². The van der Waals surface area contributed by atoms with Crippen molar-refractivity contribution >= 4 is 5.91 Å². The number of methoxy groups -OCH3 is 1. The lowest BCUT2D eigenvalue weighted by molar-refractivity contribution is -0.123. The smallest absolute Gasteiger partial charge is 0.258 e. The minimum absolute atomic E-state index is 0.0272. The summed E-state index contributed by atoms with van der Waals surface area (Å²) in [6, 6.07) is 13.5. The first-order valence-corrected chi connectivity index (χ1v) is 10.5. The van der Waals surface area contributed by atoms with Crippen molar-refractivity contribution in [2.45, 2.75) is 53.0 Å². The normalized spacial score (nSPS) is 11.3. The molecule has 30 heavy (non-hydrogen) atoms. The minimum Gasteiger partial charge on any atom is -0.493 e. The highest BCUT2D eigenvalue weighted by atomic mass is 16.5. The number of benzene rings is 2. The van der Waals surface area contributed by atoms with Crippen LogP contribution in [0.5, 0.6) is 17.2 Å². The van der Waals surface area contributed by atoms with Crippen molar-refractivity contribution < 1.29 is 19.0 Å². The van der Waals surface area contributed by atoms with Crippen LogP contribution in [0.1, 0.15) is 52.2 Å². The summed E-state index contributed by atoms with van der Waals surface area (Å²) in [5.41, 5.74) is 1.96. The largest absolute Gasteiger partial charge is 0.493 e. The zero-order valence-corrected chi connectivity index (χ0v) is 19.1. The molecule has 0 heterocycles. The van der Waals surface area contributed by atoms with Crippen LogP contribution in [-0.4, -0.2) is 26.2 Å². The Morgan fingerprint density at radius 2 is 1.73 bits per heavy atom. The maximum atomic E-state index is 12.3. The third-order valence-electron chi connectivity index (χ3n) is 4.72. The van der Waals surface area contributed by atoms with Crippen molar-refractivity contribution in [3.63, 3.8) is 0 Å². The van der Waals surface area contributed by atoms with Crippen molar-refractivity contribution in [1.82, 2.24) is 5.32 Å². The second kappa shape index (κ2) is 10.9. The van der Waals surface area contributed by atoms with E-state index in [1.165, 1.54) is 0 Å². The summed E-state index contributed by atoms with van der Waals surface area (Å²) in [5.74, 6) is 2.54. The molecule has 0 spiro atoms. The molecule has 2 aromatic carbocycles. The number of carbonyl (C=O) groups excluding carboxylic acids is 1. The summed E-state index contributed by atoms with van der Waals surface area (Å²) in [4.78, 5) is 12.3. The van der Waals surface area contributed by atoms with Crippen LogP contribution in [0.2, 0.25) is 0 Å². The van der Waals surface area contributed by atoms with Crippen molar-refractivity contribution in [2.75, 3.05) is 20.3 Å². The maximum Gasteiger partial charge on any atom is 0.258 e. The van der Waals surface area contributed by atoms with Gasteiger partial charge in [-0.2, -0.15) is 0 Å². The summed E-state index contributed by atoms with van der Waals surface area (Å²) in [5, 5.41) is 2.90. The Bertz CT molecular complexity index is 824. The Kier molecular flexibility index (Phi) is 8.58. The molecule has 0 saturated heterocycles. The molecular formula is C25H35NO4. The Balaban J connectivity index is 1.89. The van der Waals surface area contributed by atoms with E-state index in [2.05, 4.69) is 39.9 Å². The molecule has 5 heteroatoms. The highest BCUT2D eigenvalue weighted by molar-refractivity contribution is 5.77. The molecule has 0 aromatic heterocycles. The second-order valence-corrected chi connectivity index (χ2v) is 8.83. The number of para-hydroxylation sites is 1. The fraction of sp³-hybridized carbons (Fsp3) is 0.480. The van der Waals surface area contributed by atoms with Gasteiger partial charge in [-0.3, -0.25) is 4.79 Å². The lowest BCUT2D eigenvalue weighted by Gasteiger charge is -2.22. The van der Waals surface area contributed by atoms with Crippen LogP contribution in [0.3, 0.4) is 0 Å². The summed E-state index contributed by atoms with van der Waals surface area (Å²) >= 11 is 0. The summed E-state index contributed by atoms with van der Waals surface area (Å²) in [6.07, 6.45) is 0.985. The Hall–Kier alpha value is -2.69. The van der Waals surface area contributed by atoms with E-state index in [0.29, 0.717) is 24.8 Å². The van der Waals surface area contributed by atoms with E-state index in [0.717, 1.165) is 29.0 Å². The number of nitrogens with one attached hydrogen (secondary N) is 1. The predicted octanol–water partition coefficient (Wildman–Crippen LogP) is 5.11. The van der Waals surface area contributed by atoms with Crippen molar-refractivity contribution in [1.29, 1.82) is 0 Å². The van der Waals surface area contributed by atoms with Gasteiger partial charge in [0.1, 0.15) is 5.75 Å². The molecule has 0 saturated carbocycles. The van der Waals surface area contributed by atoms with Crippen molar-refractivity contribution in [3.8, 4) is 17.2 Å². The van der Waals surface area contributed by atoms with Gasteiger partial charge in [-0.05, 0) is 47.1 Å². The average Bonchev–Trinajstić information content (AvgIpc) is 2.70. The van der Waals surface area contributed by atoms with Crippen LogP contribution in [0.25, 0.3) is 0 Å². The van der Waals surface area contributed by atoms with Gasteiger partial charge in [-0.15, -0.1) is 0 Å². The van der Waals surface area contributed by atoms with Crippen molar-refractivity contribution in [2.24, 2.45) is 5.92 Å². The number of hydrogen-bond donors (Lipinski definition) is 1. The van der Waals surface area contributed by atoms with Gasteiger partial charge in [-0.1, -0.05) is 58.9 Å². The quantitative estimate of drug-likeness (QED) is 0.588. The summed E-state index contributed by atoms with van der Waals surface area (Å²) < 4.78 is 17.0. The van der Waals surface area contributed by atoms with Crippen LogP contribution in [0.15, 0.2) is 42.5 Å². The van der Waals surface area contributed by atoms with Crippen LogP contribution in [0.4, 0.5) is 0 Å². The molecule has 2 aromatic rings. The molecule has 0 atom stereocenters. The number of ether oxygens (including phenoxy) is 3. The van der Waals surface area contributed by atoms with Gasteiger partial charge in [0.2, 0.25) is 0 Å². The van der Waals surface area contributed by atoms with Gasteiger partial charge < -0.3 is 19.5 Å². The maximum absolute atomic E-state index is 12.3. The first-order chi connectivity index (χ1) is 14.2. The molecule has 0 aliphatic heterocycles. The molecule has 1 amide bonds. The number of carbonyl (C=O) groups is 1. The fourth-order valence-corrected chi connectivity index (χ4v) is 2.95. The molecular weight excluding hydrogens is 378 g/mol. The molecule has 1 N–H and O–H groups in total. The lowest BCUT2D eigenvalue weighted by Crippen LogP contribution is -2.29. The molecule has 0 aliphatic rings. The summed E-state index contributed by atoms with van der Waals surface area (Å²) in [7, 11) is 1.62. The van der Waals surface area contributed by atoms with Gasteiger partial charge in [0, 0.05) is 6.54 Å². The first kappa shape index (κ1) is 23.6. The molecule has 2 rings (SSSR count). The van der Waals surface area contributed by atoms with Crippen molar-refractivity contribution in [3.05, 3.63) is 53.6 Å². The first-order valence-electron chi connectivity index (χ1n) is 10.5. The minimum atomic E-state index is -0.171. The predicted molar refractivity (Wildman–Crippen MR) is 120 cm³/mol. The standard InChI is InChI=1S/C25H35NO4/c1-18(2)13-14-29-22-12-11-19(15-23(22)28-6)16-26-24(27)17-30-21-10-8-7-9-20(21)25(3,4)5/h7-12,15,18H,13-14,16-17H2,1-6H3,(H,26,27). The molecule has 0 bridgehead atoms. The Morgan fingerprint density at radius 3 is 2.40 bits per heavy atom. The molecule has 5 nitrogen and oxygen atoms in total. The van der Waals surface area contributed by atoms with E-state index in [1.807, 2.05) is 42.5 Å². The highest BCUT2D eigenvalue weighted by Crippen LogP contribution is 2.31. The van der Waals surface area contributed by atoms with Gasteiger partial charge in [0.25, 0.3) is 5.91 Å². The van der Waals surface area contributed by atoms with Crippen LogP contribution >= 0.6 is 0 Å². The van der Waals surface area contributed by atoms with E-state index >= 15 is 0 Å². The average molecular weight is 414 g/mol. The monoisotopic (exact) mass is 413 g/mol. The van der Waals surface area contributed by atoms with E-state index in [-0.39, 0.29) is 17.9 Å².